The summed E-state index contributed by atoms with van der Waals surface area (Å²) < 4.78 is 18.1. The Hall–Kier alpha value is -4.65. The molecule has 1 aromatic carbocycles. The van der Waals surface area contributed by atoms with Crippen LogP contribution in [0.2, 0.25) is 0 Å². The number of aliphatic hydroxyl groups excluding tert-OH is 1. The molecule has 0 saturated carbocycles. The van der Waals surface area contributed by atoms with Crippen LogP contribution in [0.1, 0.15) is 41.2 Å². The Balaban J connectivity index is 1.55. The number of aromatic nitrogens is 6. The molecule has 186 valence electrons. The number of carbonyl (C=O) groups excluding carboxylic acids is 2. The summed E-state index contributed by atoms with van der Waals surface area (Å²) in [4.78, 5) is 36.9. The van der Waals surface area contributed by atoms with Crippen molar-refractivity contribution in [1.29, 1.82) is 0 Å². The minimum absolute atomic E-state index is 0.0277. The first-order valence-corrected chi connectivity index (χ1v) is 11.0. The molecule has 0 aliphatic heterocycles. The number of aliphatic hydroxyl groups is 1. The van der Waals surface area contributed by atoms with Gasteiger partial charge in [0, 0.05) is 37.4 Å². The molecule has 0 aliphatic carbocycles. The molecule has 3 heterocycles. The average Bonchev–Trinajstić information content (AvgIpc) is 3.53. The standard InChI is InChI=1S/C23H23N7O6/c1-4-18(32)21-27-23(36-29-21)17-10-25-20(11-24-17)35-16-8-14(7-15(9-16)34-13(2)12-31)22(33)26-19-5-6-30(3)28-19/h5-11,13,31H,4,12H2,1-3H3,(H,26,28,33)/t13-/m0/s1. The van der Waals surface area contributed by atoms with Gasteiger partial charge in [0.05, 0.1) is 19.0 Å². The monoisotopic (exact) mass is 493 g/mol. The molecule has 0 aliphatic rings. The molecule has 0 spiro atoms. The average molecular weight is 493 g/mol. The zero-order valence-electron chi connectivity index (χ0n) is 19.7. The van der Waals surface area contributed by atoms with Crippen molar-refractivity contribution in [2.45, 2.75) is 26.4 Å². The lowest BCUT2D eigenvalue weighted by Crippen LogP contribution is -2.17. The number of hydrogen-bond acceptors (Lipinski definition) is 11. The van der Waals surface area contributed by atoms with Gasteiger partial charge in [-0.05, 0) is 19.1 Å². The van der Waals surface area contributed by atoms with E-state index >= 15 is 0 Å². The predicted octanol–water partition coefficient (Wildman–Crippen LogP) is 2.66. The number of rotatable bonds is 10. The molecule has 4 aromatic rings. The first-order valence-electron chi connectivity index (χ1n) is 11.0. The summed E-state index contributed by atoms with van der Waals surface area (Å²) in [5.74, 6) is 0.392. The summed E-state index contributed by atoms with van der Waals surface area (Å²) in [7, 11) is 1.74. The van der Waals surface area contributed by atoms with Gasteiger partial charge in [0.1, 0.15) is 23.3 Å². The number of aryl methyl sites for hydroxylation is 1. The molecule has 1 atom stereocenters. The normalized spacial score (nSPS) is 11.7. The van der Waals surface area contributed by atoms with E-state index in [9.17, 15) is 14.7 Å². The molecule has 0 bridgehead atoms. The summed E-state index contributed by atoms with van der Waals surface area (Å²) >= 11 is 0. The van der Waals surface area contributed by atoms with Gasteiger partial charge in [-0.25, -0.2) is 9.97 Å². The van der Waals surface area contributed by atoms with Crippen molar-refractivity contribution in [3.05, 3.63) is 54.2 Å². The van der Waals surface area contributed by atoms with Crippen LogP contribution in [0.25, 0.3) is 11.6 Å². The Labute approximate surface area is 205 Å². The topological polar surface area (TPSA) is 167 Å². The molecular weight excluding hydrogens is 470 g/mol. The Kier molecular flexibility index (Phi) is 7.30. The molecule has 36 heavy (non-hydrogen) atoms. The number of nitrogens with one attached hydrogen (secondary N) is 1. The van der Waals surface area contributed by atoms with Crippen molar-refractivity contribution in [1.82, 2.24) is 29.9 Å². The fraction of sp³-hybridized carbons (Fsp3) is 0.261. The van der Waals surface area contributed by atoms with Gasteiger partial charge < -0.3 is 24.4 Å². The van der Waals surface area contributed by atoms with Crippen LogP contribution in [0.4, 0.5) is 5.82 Å². The van der Waals surface area contributed by atoms with E-state index in [2.05, 4.69) is 30.5 Å². The molecule has 0 unspecified atom stereocenters. The van der Waals surface area contributed by atoms with Crippen molar-refractivity contribution >= 4 is 17.5 Å². The Morgan fingerprint density at radius 1 is 1.19 bits per heavy atom. The number of anilines is 1. The van der Waals surface area contributed by atoms with Crippen LogP contribution >= 0.6 is 0 Å². The van der Waals surface area contributed by atoms with Crippen molar-refractivity contribution in [3.8, 4) is 29.0 Å². The highest BCUT2D eigenvalue weighted by Crippen LogP contribution is 2.28. The second-order valence-electron chi connectivity index (χ2n) is 7.67. The fourth-order valence-corrected chi connectivity index (χ4v) is 2.97. The summed E-state index contributed by atoms with van der Waals surface area (Å²) in [5.41, 5.74) is 0.496. The summed E-state index contributed by atoms with van der Waals surface area (Å²) in [6, 6.07) is 6.24. The van der Waals surface area contributed by atoms with E-state index in [0.29, 0.717) is 11.6 Å². The largest absolute Gasteiger partial charge is 0.488 e. The Morgan fingerprint density at radius 2 is 2.00 bits per heavy atom. The lowest BCUT2D eigenvalue weighted by Gasteiger charge is -2.15. The number of carbonyl (C=O) groups is 2. The summed E-state index contributed by atoms with van der Waals surface area (Å²) in [6.07, 6.45) is 4.12. The maximum absolute atomic E-state index is 12.8. The first kappa shape index (κ1) is 24.5. The highest BCUT2D eigenvalue weighted by atomic mass is 16.5. The van der Waals surface area contributed by atoms with Crippen LogP contribution < -0.4 is 14.8 Å². The van der Waals surface area contributed by atoms with E-state index in [4.69, 9.17) is 14.0 Å². The van der Waals surface area contributed by atoms with Crippen molar-refractivity contribution < 1.29 is 28.7 Å². The van der Waals surface area contributed by atoms with E-state index in [0.717, 1.165) is 0 Å². The second kappa shape index (κ2) is 10.7. The Morgan fingerprint density at radius 3 is 2.67 bits per heavy atom. The van der Waals surface area contributed by atoms with Gasteiger partial charge in [0.25, 0.3) is 11.8 Å². The minimum atomic E-state index is -0.509. The van der Waals surface area contributed by atoms with Crippen molar-refractivity contribution in [2.24, 2.45) is 7.05 Å². The second-order valence-corrected chi connectivity index (χ2v) is 7.67. The third-order valence-corrected chi connectivity index (χ3v) is 4.76. The van der Waals surface area contributed by atoms with Crippen LogP contribution in [0.5, 0.6) is 17.4 Å². The highest BCUT2D eigenvalue weighted by molar-refractivity contribution is 6.04. The van der Waals surface area contributed by atoms with Crippen molar-refractivity contribution in [3.63, 3.8) is 0 Å². The number of ether oxygens (including phenoxy) is 2. The molecule has 13 nitrogen and oxygen atoms in total. The van der Waals surface area contributed by atoms with Crippen LogP contribution in [-0.2, 0) is 7.05 Å². The molecule has 3 aromatic heterocycles. The molecule has 0 radical (unpaired) electrons. The smallest absolute Gasteiger partial charge is 0.278 e. The zero-order chi connectivity index (χ0) is 25.7. The number of hydrogen-bond donors (Lipinski definition) is 2. The van der Waals surface area contributed by atoms with E-state index < -0.39 is 12.0 Å². The molecule has 0 fully saturated rings. The van der Waals surface area contributed by atoms with Crippen LogP contribution in [-0.4, -0.2) is 59.4 Å². The molecule has 0 saturated heterocycles. The van der Waals surface area contributed by atoms with Gasteiger partial charge in [-0.15, -0.1) is 0 Å². The first-order chi connectivity index (χ1) is 17.3. The van der Waals surface area contributed by atoms with Gasteiger partial charge in [-0.3, -0.25) is 14.3 Å². The SMILES string of the molecule is CCC(=O)c1noc(-c2cnc(Oc3cc(O[C@@H](C)CO)cc(C(=O)Nc4ccn(C)n4)c3)cn2)n1. The number of ketones is 1. The molecular formula is C23H23N7O6. The maximum atomic E-state index is 12.8. The lowest BCUT2D eigenvalue weighted by atomic mass is 10.2. The van der Waals surface area contributed by atoms with E-state index in [1.807, 2.05) is 0 Å². The van der Waals surface area contributed by atoms with Crippen LogP contribution in [0.15, 0.2) is 47.4 Å². The number of nitrogens with zero attached hydrogens (tertiary/aromatic N) is 6. The number of Topliss-reactive ketones (excluding diaryl/α,β-unsaturated/α-hetero) is 1. The fourth-order valence-electron chi connectivity index (χ4n) is 2.97. The van der Waals surface area contributed by atoms with Gasteiger partial charge in [-0.1, -0.05) is 12.1 Å². The van der Waals surface area contributed by atoms with Gasteiger partial charge in [0.2, 0.25) is 17.5 Å². The lowest BCUT2D eigenvalue weighted by molar-refractivity contribution is 0.0974. The number of benzene rings is 1. The van der Waals surface area contributed by atoms with E-state index in [1.54, 1.807) is 43.9 Å². The maximum Gasteiger partial charge on any atom is 0.278 e. The molecule has 1 amide bonds. The predicted molar refractivity (Wildman–Crippen MR) is 125 cm³/mol. The van der Waals surface area contributed by atoms with Crippen LogP contribution in [0.3, 0.4) is 0 Å². The third-order valence-electron chi connectivity index (χ3n) is 4.76. The van der Waals surface area contributed by atoms with Gasteiger partial charge >= 0.3 is 0 Å². The molecule has 2 N–H and O–H groups in total. The summed E-state index contributed by atoms with van der Waals surface area (Å²) in [6.45, 7) is 3.17. The zero-order valence-corrected chi connectivity index (χ0v) is 19.7. The minimum Gasteiger partial charge on any atom is -0.488 e. The number of amides is 1. The molecule has 4 rings (SSSR count). The Bertz CT molecular complexity index is 1370. The highest BCUT2D eigenvalue weighted by Gasteiger charge is 2.17. The molecule has 13 heteroatoms. The summed E-state index contributed by atoms with van der Waals surface area (Å²) in [5, 5.41) is 19.8. The van der Waals surface area contributed by atoms with Crippen LogP contribution in [0, 0.1) is 0 Å². The van der Waals surface area contributed by atoms with Crippen molar-refractivity contribution in [2.75, 3.05) is 11.9 Å². The van der Waals surface area contributed by atoms with Gasteiger partial charge in [0.15, 0.2) is 5.82 Å². The third kappa shape index (κ3) is 5.88. The van der Waals surface area contributed by atoms with E-state index in [-0.39, 0.29) is 53.4 Å². The quantitative estimate of drug-likeness (QED) is 0.312. The van der Waals surface area contributed by atoms with Gasteiger partial charge in [-0.2, -0.15) is 10.1 Å². The van der Waals surface area contributed by atoms with E-state index in [1.165, 1.54) is 24.5 Å².